The van der Waals surface area contributed by atoms with E-state index in [0.717, 1.165) is 59.2 Å². The van der Waals surface area contributed by atoms with Crippen LogP contribution in [-0.2, 0) is 0 Å². The largest absolute Gasteiger partial charge is 0.0914 e. The minimum absolute atomic E-state index is 0.840. The van der Waals surface area contributed by atoms with Gasteiger partial charge in [0.25, 0.3) is 0 Å². The molecule has 1 aromatic rings. The maximum Gasteiger partial charge on any atom is -0.0162 e. The Balaban J connectivity index is 0.000000151. The predicted octanol–water partition coefficient (Wildman–Crippen LogP) is 14.1. The normalized spacial score (nSPS) is 38.1. The Labute approximate surface area is 276 Å². The molecule has 0 aliphatic heterocycles. The number of hydrogen-bond donors (Lipinski definition) is 0. The van der Waals surface area contributed by atoms with Crippen molar-refractivity contribution in [2.24, 2.45) is 53.3 Å². The predicted molar refractivity (Wildman–Crippen MR) is 195 cm³/mol. The number of hydrogen-bond acceptors (Lipinski definition) is 0. The molecule has 0 radical (unpaired) electrons. The first-order chi connectivity index (χ1) is 21.3. The molecule has 44 heavy (non-hydrogen) atoms. The molecular weight excluding hydrogens is 528 g/mol. The highest BCUT2D eigenvalue weighted by atomic mass is 14.4. The molecule has 0 unspecified atom stereocenters. The summed E-state index contributed by atoms with van der Waals surface area (Å²) in [5, 5.41) is 0. The van der Waals surface area contributed by atoms with Gasteiger partial charge < -0.3 is 0 Å². The van der Waals surface area contributed by atoms with Gasteiger partial charge in [-0.05, 0) is 156 Å². The molecule has 0 atom stereocenters. The van der Waals surface area contributed by atoms with Crippen molar-refractivity contribution in [3.8, 4) is 0 Å². The zero-order valence-corrected chi connectivity index (χ0v) is 30.4. The maximum absolute atomic E-state index is 2.43. The summed E-state index contributed by atoms with van der Waals surface area (Å²) in [5.74, 6) is 10.1. The van der Waals surface area contributed by atoms with Gasteiger partial charge in [-0.1, -0.05) is 121 Å². The molecule has 5 aliphatic rings. The van der Waals surface area contributed by atoms with E-state index in [1.807, 2.05) is 0 Å². The van der Waals surface area contributed by atoms with Crippen LogP contribution >= 0.6 is 0 Å². The Kier molecular flexibility index (Phi) is 15.4. The molecule has 0 aromatic heterocycles. The Hall–Kier alpha value is -1.04. The maximum atomic E-state index is 2.43. The van der Waals surface area contributed by atoms with E-state index in [-0.39, 0.29) is 0 Å². The molecule has 0 nitrogen and oxygen atoms in total. The van der Waals surface area contributed by atoms with Gasteiger partial charge in [-0.2, -0.15) is 0 Å². The molecule has 0 heterocycles. The van der Waals surface area contributed by atoms with E-state index in [9.17, 15) is 0 Å². The van der Waals surface area contributed by atoms with Gasteiger partial charge in [-0.25, -0.2) is 0 Å². The van der Waals surface area contributed by atoms with Crippen LogP contribution in [0, 0.1) is 60.2 Å². The van der Waals surface area contributed by atoms with Gasteiger partial charge >= 0.3 is 0 Å². The van der Waals surface area contributed by atoms with Crippen LogP contribution in [0.25, 0.3) is 0 Å². The summed E-state index contributed by atoms with van der Waals surface area (Å²) in [5.41, 5.74) is 2.93. The van der Waals surface area contributed by atoms with Crippen LogP contribution in [-0.4, -0.2) is 0 Å². The summed E-state index contributed by atoms with van der Waals surface area (Å²) in [6.45, 7) is 14.0. The summed E-state index contributed by atoms with van der Waals surface area (Å²) in [4.78, 5) is 0. The first-order valence-electron chi connectivity index (χ1n) is 20.0. The third-order valence-electron chi connectivity index (χ3n) is 13.4. The second-order valence-corrected chi connectivity index (χ2v) is 17.1. The SMILES string of the molecule is C/C=C/C1CCC(C2CCC(C)CC2)CC1.CC1CCC(C2CCC(C)CC2)CC1.Cc1ccc(C2CCC(C)CC2)cc1. The molecule has 0 heteroatoms. The number of rotatable bonds is 4. The Morgan fingerprint density at radius 2 is 0.750 bits per heavy atom. The van der Waals surface area contributed by atoms with E-state index in [0.29, 0.717) is 0 Å². The smallest absolute Gasteiger partial charge is 0.0162 e. The standard InChI is InChI=1S/C16H28.C14H26.C14H20/c1-3-4-14-7-11-16(12-8-14)15-9-5-13(2)6-10-15;2*1-11-3-7-13(8-4-11)14-9-5-12(2)6-10-14/h3-4,13-16H,5-12H2,1-2H3;11-14H,3-10H2,1-2H3;3-4,7-8,12,14H,5-6,9-10H2,1-2H3/b4-3+;;. The molecule has 0 amide bonds. The first-order valence-corrected chi connectivity index (χ1v) is 20.0. The lowest BCUT2D eigenvalue weighted by Crippen LogP contribution is -2.24. The van der Waals surface area contributed by atoms with Gasteiger partial charge in [0.05, 0.1) is 0 Å². The lowest BCUT2D eigenvalue weighted by atomic mass is 9.69. The fraction of sp³-hybridized carbons (Fsp3) is 0.818. The topological polar surface area (TPSA) is 0 Å². The van der Waals surface area contributed by atoms with Crippen molar-refractivity contribution in [2.45, 2.75) is 176 Å². The van der Waals surface area contributed by atoms with Crippen LogP contribution < -0.4 is 0 Å². The van der Waals surface area contributed by atoms with E-state index >= 15 is 0 Å². The van der Waals surface area contributed by atoms with Crippen molar-refractivity contribution in [1.29, 1.82) is 0 Å². The number of allylic oxidation sites excluding steroid dienone is 2. The summed E-state index contributed by atoms with van der Waals surface area (Å²) in [7, 11) is 0. The molecule has 5 aliphatic carbocycles. The molecule has 5 saturated carbocycles. The number of aryl methyl sites for hydroxylation is 1. The highest BCUT2D eigenvalue weighted by molar-refractivity contribution is 5.24. The van der Waals surface area contributed by atoms with Crippen molar-refractivity contribution in [1.82, 2.24) is 0 Å². The van der Waals surface area contributed by atoms with Crippen LogP contribution in [0.1, 0.15) is 180 Å². The number of benzene rings is 1. The van der Waals surface area contributed by atoms with E-state index in [4.69, 9.17) is 0 Å². The van der Waals surface area contributed by atoms with Gasteiger partial charge in [0.1, 0.15) is 0 Å². The third-order valence-corrected chi connectivity index (χ3v) is 13.4. The Bertz CT molecular complexity index is 864. The van der Waals surface area contributed by atoms with Gasteiger partial charge in [-0.15, -0.1) is 0 Å². The van der Waals surface area contributed by atoms with Crippen LogP contribution in [0.2, 0.25) is 0 Å². The van der Waals surface area contributed by atoms with Gasteiger partial charge in [0, 0.05) is 0 Å². The lowest BCUT2D eigenvalue weighted by Gasteiger charge is -2.36. The summed E-state index contributed by atoms with van der Waals surface area (Å²) in [6, 6.07) is 9.12. The molecule has 250 valence electrons. The average Bonchev–Trinajstić information content (AvgIpc) is 3.04. The third kappa shape index (κ3) is 12.0. The lowest BCUT2D eigenvalue weighted by molar-refractivity contribution is 0.155. The summed E-state index contributed by atoms with van der Waals surface area (Å²) in [6.07, 6.45) is 34.5. The van der Waals surface area contributed by atoms with Gasteiger partial charge in [0.15, 0.2) is 0 Å². The van der Waals surface area contributed by atoms with Crippen LogP contribution in [0.5, 0.6) is 0 Å². The molecular formula is C44H74. The fourth-order valence-electron chi connectivity index (χ4n) is 9.78. The summed E-state index contributed by atoms with van der Waals surface area (Å²) >= 11 is 0. The Morgan fingerprint density at radius 1 is 0.432 bits per heavy atom. The van der Waals surface area contributed by atoms with Crippen LogP contribution in [0.3, 0.4) is 0 Å². The van der Waals surface area contributed by atoms with E-state index in [1.165, 1.54) is 108 Å². The van der Waals surface area contributed by atoms with Crippen LogP contribution in [0.4, 0.5) is 0 Å². The van der Waals surface area contributed by atoms with Crippen molar-refractivity contribution in [2.75, 3.05) is 0 Å². The highest BCUT2D eigenvalue weighted by Crippen LogP contribution is 2.42. The zero-order chi connectivity index (χ0) is 31.3. The fourth-order valence-corrected chi connectivity index (χ4v) is 9.78. The van der Waals surface area contributed by atoms with E-state index in [1.54, 1.807) is 31.2 Å². The van der Waals surface area contributed by atoms with Crippen molar-refractivity contribution < 1.29 is 0 Å². The van der Waals surface area contributed by atoms with Crippen molar-refractivity contribution >= 4 is 0 Å². The molecule has 5 fully saturated rings. The highest BCUT2D eigenvalue weighted by Gasteiger charge is 2.30. The van der Waals surface area contributed by atoms with Gasteiger partial charge in [0.2, 0.25) is 0 Å². The van der Waals surface area contributed by atoms with Crippen molar-refractivity contribution in [3.05, 3.63) is 47.5 Å². The first kappa shape index (κ1) is 35.8. The molecule has 1 aromatic carbocycles. The minimum Gasteiger partial charge on any atom is -0.0914 e. The monoisotopic (exact) mass is 603 g/mol. The zero-order valence-electron chi connectivity index (χ0n) is 30.4. The summed E-state index contributed by atoms with van der Waals surface area (Å²) < 4.78 is 0. The average molecular weight is 603 g/mol. The van der Waals surface area contributed by atoms with Crippen molar-refractivity contribution in [3.63, 3.8) is 0 Å². The second-order valence-electron chi connectivity index (χ2n) is 17.1. The quantitative estimate of drug-likeness (QED) is 0.301. The Morgan fingerprint density at radius 3 is 1.09 bits per heavy atom. The molecule has 0 saturated heterocycles. The van der Waals surface area contributed by atoms with Crippen LogP contribution in [0.15, 0.2) is 36.4 Å². The molecule has 0 N–H and O–H groups in total. The second kappa shape index (κ2) is 18.9. The molecule has 0 spiro atoms. The molecule has 0 bridgehead atoms. The minimum atomic E-state index is 0.840. The molecule has 6 rings (SSSR count). The van der Waals surface area contributed by atoms with E-state index in [2.05, 4.69) is 78.0 Å². The van der Waals surface area contributed by atoms with Gasteiger partial charge in [-0.3, -0.25) is 0 Å². The van der Waals surface area contributed by atoms with E-state index < -0.39 is 0 Å².